The number of amides is 3. The van der Waals surface area contributed by atoms with Crippen LogP contribution >= 0.6 is 12.4 Å². The second-order valence-electron chi connectivity index (χ2n) is 17.7. The van der Waals surface area contributed by atoms with Crippen molar-refractivity contribution in [2.45, 2.75) is 64.1 Å². The fourth-order valence-corrected chi connectivity index (χ4v) is 8.40. The number of benzene rings is 2. The van der Waals surface area contributed by atoms with E-state index in [1.165, 1.54) is 12.7 Å². The molecule has 0 radical (unpaired) electrons. The molecule has 0 unspecified atom stereocenters. The number of ether oxygens (including phenoxy) is 1. The van der Waals surface area contributed by atoms with E-state index >= 15 is 0 Å². The van der Waals surface area contributed by atoms with Crippen LogP contribution in [0.4, 0.5) is 28.1 Å². The molecule has 2 fully saturated rings. The van der Waals surface area contributed by atoms with Crippen molar-refractivity contribution in [1.29, 1.82) is 0 Å². The number of halogens is 1. The lowest BCUT2D eigenvalue weighted by Gasteiger charge is -2.34. The fraction of sp³-hybridized carbons (Fsp3) is 0.286. The molecule has 2 atom stereocenters. The molecular formula is C49H53ClN16O4. The van der Waals surface area contributed by atoms with Crippen molar-refractivity contribution in [1.82, 2.24) is 59.7 Å². The SMILES string of the molecule is CC(C)(C)OC(=O)N1CCC[C@@H](n2nc(-c3ccc(C(=O)Nc4ccccn4)cc3)c3c(N)ncnc32)C1.Cl.Nc1ncnc2c1c(-c1ccc(C(=O)Nc3ccccn3)cc1)nn2[C@@H]1CCCNC1. The molecule has 7 N–H and O–H groups in total. The summed E-state index contributed by atoms with van der Waals surface area (Å²) in [6.45, 7) is 8.49. The van der Waals surface area contributed by atoms with E-state index in [1.807, 2.05) is 60.5 Å². The number of nitrogens with two attached hydrogens (primary N) is 2. The summed E-state index contributed by atoms with van der Waals surface area (Å²) in [4.78, 5) is 65.2. The van der Waals surface area contributed by atoms with Crippen molar-refractivity contribution in [2.24, 2.45) is 0 Å². The zero-order valence-corrected chi connectivity index (χ0v) is 39.6. The monoisotopic (exact) mass is 964 g/mol. The third-order valence-electron chi connectivity index (χ3n) is 11.7. The average molecular weight is 966 g/mol. The van der Waals surface area contributed by atoms with Gasteiger partial charge in [0, 0.05) is 54.3 Å². The minimum Gasteiger partial charge on any atom is -0.444 e. The van der Waals surface area contributed by atoms with E-state index in [0.29, 0.717) is 64.2 Å². The first-order valence-electron chi connectivity index (χ1n) is 22.7. The molecular weight excluding hydrogens is 912 g/mol. The van der Waals surface area contributed by atoms with Gasteiger partial charge in [0.2, 0.25) is 0 Å². The number of hydrogen-bond acceptors (Lipinski definition) is 15. The number of fused-ring (bicyclic) bond motifs is 2. The largest absolute Gasteiger partial charge is 0.444 e. The van der Waals surface area contributed by atoms with Crippen LogP contribution in [0, 0.1) is 0 Å². The molecule has 10 rings (SSSR count). The summed E-state index contributed by atoms with van der Waals surface area (Å²) >= 11 is 0. The maximum Gasteiger partial charge on any atom is 0.410 e. The van der Waals surface area contributed by atoms with Crippen LogP contribution in [0.3, 0.4) is 0 Å². The molecule has 2 aliphatic heterocycles. The van der Waals surface area contributed by atoms with Crippen molar-refractivity contribution in [3.8, 4) is 22.5 Å². The summed E-state index contributed by atoms with van der Waals surface area (Å²) in [5, 5.41) is 20.1. The first-order chi connectivity index (χ1) is 33.4. The highest BCUT2D eigenvalue weighted by Crippen LogP contribution is 2.35. The van der Waals surface area contributed by atoms with E-state index in [2.05, 4.69) is 45.9 Å². The van der Waals surface area contributed by atoms with Gasteiger partial charge in [0.1, 0.15) is 52.9 Å². The van der Waals surface area contributed by atoms with E-state index in [0.717, 1.165) is 66.6 Å². The molecule has 2 saturated heterocycles. The van der Waals surface area contributed by atoms with Crippen LogP contribution in [-0.4, -0.2) is 104 Å². The van der Waals surface area contributed by atoms with Crippen molar-refractivity contribution in [3.05, 3.63) is 121 Å². The fourth-order valence-electron chi connectivity index (χ4n) is 8.40. The van der Waals surface area contributed by atoms with Crippen molar-refractivity contribution in [2.75, 3.05) is 48.3 Å². The van der Waals surface area contributed by atoms with Gasteiger partial charge in [-0.3, -0.25) is 9.59 Å². The summed E-state index contributed by atoms with van der Waals surface area (Å²) in [5.74, 6) is 1.20. The lowest BCUT2D eigenvalue weighted by Crippen LogP contribution is -2.43. The van der Waals surface area contributed by atoms with Gasteiger partial charge in [0.25, 0.3) is 11.8 Å². The van der Waals surface area contributed by atoms with Crippen LogP contribution in [0.15, 0.2) is 110 Å². The lowest BCUT2D eigenvalue weighted by atomic mass is 10.1. The topological polar surface area (TPSA) is 265 Å². The van der Waals surface area contributed by atoms with Crippen LogP contribution in [0.25, 0.3) is 44.6 Å². The Morgan fingerprint density at radius 2 is 1.16 bits per heavy atom. The molecule has 70 heavy (non-hydrogen) atoms. The number of nitrogens with zero attached hydrogens (tertiary/aromatic N) is 11. The molecule has 0 spiro atoms. The Kier molecular flexibility index (Phi) is 14.5. The summed E-state index contributed by atoms with van der Waals surface area (Å²) in [6.07, 6.45) is 9.54. The molecule has 0 saturated carbocycles. The minimum absolute atomic E-state index is 0. The number of piperidine rings is 2. The predicted molar refractivity (Wildman–Crippen MR) is 269 cm³/mol. The molecule has 6 aromatic heterocycles. The Morgan fingerprint density at radius 1 is 0.657 bits per heavy atom. The average Bonchev–Trinajstić information content (AvgIpc) is 3.96. The van der Waals surface area contributed by atoms with Gasteiger partial charge < -0.3 is 37.1 Å². The van der Waals surface area contributed by atoms with E-state index in [4.69, 9.17) is 26.4 Å². The van der Waals surface area contributed by atoms with Gasteiger partial charge >= 0.3 is 6.09 Å². The third-order valence-corrected chi connectivity index (χ3v) is 11.7. The third kappa shape index (κ3) is 10.8. The maximum atomic E-state index is 12.7. The number of carbonyl (C=O) groups excluding carboxylic acids is 3. The number of anilines is 4. The van der Waals surface area contributed by atoms with Gasteiger partial charge in [-0.05, 0) is 102 Å². The Balaban J connectivity index is 0.000000189. The normalized spacial score (nSPS) is 15.8. The zero-order chi connectivity index (χ0) is 48.1. The number of hydrogen-bond donors (Lipinski definition) is 5. The molecule has 3 amide bonds. The van der Waals surface area contributed by atoms with Gasteiger partial charge in [-0.25, -0.2) is 44.1 Å². The maximum absolute atomic E-state index is 12.7. The highest BCUT2D eigenvalue weighted by Gasteiger charge is 2.31. The van der Waals surface area contributed by atoms with Crippen molar-refractivity contribution >= 4 is 75.7 Å². The molecule has 8 aromatic rings. The van der Waals surface area contributed by atoms with Gasteiger partial charge in [-0.15, -0.1) is 12.4 Å². The molecule has 360 valence electrons. The van der Waals surface area contributed by atoms with Crippen LogP contribution < -0.4 is 27.4 Å². The first-order valence-corrected chi connectivity index (χ1v) is 22.7. The number of likely N-dealkylation sites (tertiary alicyclic amines) is 1. The predicted octanol–water partition coefficient (Wildman–Crippen LogP) is 7.36. The number of pyridine rings is 2. The standard InChI is InChI=1S/C27H30N8O3.C22H22N8O.ClH/c1-27(2,3)38-26(37)34-14-6-7-19(15-34)35-24-21(23(28)30-16-31-24)22(33-35)17-9-11-18(12-10-17)25(36)32-20-8-4-5-13-29-20;23-20-18-19(29-30(21(18)27-13-26-20)16-4-3-10-24-12-16)14-6-8-15(9-7-14)22(31)28-17-5-1-2-11-25-17;/h4-5,8-13,16,19H,6-7,14-15H2,1-3H3,(H2,28,30,31)(H,29,32,36);1-2,5-9,11,13,16,24H,3-4,10,12H2,(H2,23,26,27)(H,25,28,31);1H/t19-;16-;/m11./s1. The molecule has 20 nitrogen and oxygen atoms in total. The molecule has 0 bridgehead atoms. The van der Waals surface area contributed by atoms with E-state index in [-0.39, 0.29) is 42.4 Å². The van der Waals surface area contributed by atoms with Crippen molar-refractivity contribution in [3.63, 3.8) is 0 Å². The number of nitrogens with one attached hydrogen (secondary N) is 3. The minimum atomic E-state index is -0.571. The number of rotatable bonds is 8. The van der Waals surface area contributed by atoms with E-state index in [9.17, 15) is 14.4 Å². The van der Waals surface area contributed by atoms with E-state index < -0.39 is 5.60 Å². The Bertz CT molecular complexity index is 3100. The second kappa shape index (κ2) is 21.0. The second-order valence-corrected chi connectivity index (χ2v) is 17.7. The quantitative estimate of drug-likeness (QED) is 0.0996. The smallest absolute Gasteiger partial charge is 0.410 e. The van der Waals surface area contributed by atoms with Crippen molar-refractivity contribution < 1.29 is 19.1 Å². The van der Waals surface area contributed by atoms with Crippen LogP contribution in [0.5, 0.6) is 0 Å². The van der Waals surface area contributed by atoms with Gasteiger partial charge in [-0.1, -0.05) is 36.4 Å². The number of carbonyl (C=O) groups is 3. The summed E-state index contributed by atoms with van der Waals surface area (Å²) in [6, 6.07) is 25.1. The highest BCUT2D eigenvalue weighted by molar-refractivity contribution is 6.05. The van der Waals surface area contributed by atoms with Crippen LogP contribution in [0.1, 0.15) is 79.3 Å². The summed E-state index contributed by atoms with van der Waals surface area (Å²) < 4.78 is 9.37. The molecule has 2 aromatic carbocycles. The molecule has 8 heterocycles. The van der Waals surface area contributed by atoms with Crippen LogP contribution in [-0.2, 0) is 4.74 Å². The molecule has 2 aliphatic rings. The molecule has 0 aliphatic carbocycles. The molecule has 21 heteroatoms. The Morgan fingerprint density at radius 3 is 1.61 bits per heavy atom. The Hall–Kier alpha value is -8.10. The summed E-state index contributed by atoms with van der Waals surface area (Å²) in [7, 11) is 0. The number of aromatic nitrogens is 10. The number of nitrogen functional groups attached to an aromatic ring is 2. The van der Waals surface area contributed by atoms with Gasteiger partial charge in [-0.2, -0.15) is 10.2 Å². The van der Waals surface area contributed by atoms with Crippen LogP contribution in [0.2, 0.25) is 0 Å². The van der Waals surface area contributed by atoms with Gasteiger partial charge in [0.15, 0.2) is 11.3 Å². The summed E-state index contributed by atoms with van der Waals surface area (Å²) in [5.41, 5.74) is 17.2. The Labute approximate surface area is 409 Å². The highest BCUT2D eigenvalue weighted by atomic mass is 35.5. The van der Waals surface area contributed by atoms with E-state index in [1.54, 1.807) is 71.9 Å². The lowest BCUT2D eigenvalue weighted by molar-refractivity contribution is 0.0169. The zero-order valence-electron chi connectivity index (χ0n) is 38.8. The van der Waals surface area contributed by atoms with Gasteiger partial charge in [0.05, 0.1) is 22.9 Å². The first kappa shape index (κ1) is 48.4.